The number of rotatable bonds is 6. The van der Waals surface area contributed by atoms with Crippen molar-refractivity contribution in [3.05, 3.63) is 46.5 Å². The van der Waals surface area contributed by atoms with Crippen LogP contribution >= 0.6 is 11.3 Å². The summed E-state index contributed by atoms with van der Waals surface area (Å²) in [5.74, 6) is -0.375. The molecule has 1 aliphatic rings. The van der Waals surface area contributed by atoms with Crippen LogP contribution in [-0.4, -0.2) is 23.7 Å². The number of nitrogens with one attached hydrogen (secondary N) is 1. The van der Waals surface area contributed by atoms with Gasteiger partial charge in [-0.1, -0.05) is 29.5 Å². The van der Waals surface area contributed by atoms with Gasteiger partial charge in [-0.25, -0.2) is 4.98 Å². The van der Waals surface area contributed by atoms with E-state index >= 15 is 0 Å². The fourth-order valence-electron chi connectivity index (χ4n) is 2.16. The Morgan fingerprint density at radius 1 is 1.36 bits per heavy atom. The molecule has 2 heterocycles. The number of hydrogen-bond donors (Lipinski definition) is 1. The van der Waals surface area contributed by atoms with Crippen molar-refractivity contribution in [3.8, 4) is 5.19 Å². The van der Waals surface area contributed by atoms with Crippen LogP contribution in [-0.2, 0) is 12.2 Å². The topological polar surface area (TPSA) is 75.9 Å². The molecule has 0 saturated carbocycles. The van der Waals surface area contributed by atoms with Gasteiger partial charge in [0, 0.05) is 12.1 Å². The standard InChI is InChI=1S/C15H13F3N4O2S/c1-2-24-13-20-8-11(25-13)12(23)19-7-9-4-3-5-10(6-9)14(21-22-14)15(16,17)18/h3-6,8H,2,7H2,1H3,(H,19,23). The summed E-state index contributed by atoms with van der Waals surface area (Å²) in [7, 11) is 0. The lowest BCUT2D eigenvalue weighted by Crippen LogP contribution is -2.30. The van der Waals surface area contributed by atoms with Crippen LogP contribution in [0.2, 0.25) is 0 Å². The van der Waals surface area contributed by atoms with Gasteiger partial charge in [0.05, 0.1) is 12.8 Å². The summed E-state index contributed by atoms with van der Waals surface area (Å²) in [4.78, 5) is 16.4. The summed E-state index contributed by atoms with van der Waals surface area (Å²) in [6.07, 6.45) is -3.19. The first-order valence-corrected chi connectivity index (χ1v) is 8.14. The molecular weight excluding hydrogens is 357 g/mol. The van der Waals surface area contributed by atoms with E-state index in [0.717, 1.165) is 11.3 Å². The van der Waals surface area contributed by atoms with Gasteiger partial charge in [0.2, 0.25) is 0 Å². The minimum Gasteiger partial charge on any atom is -0.470 e. The number of halogens is 3. The van der Waals surface area contributed by atoms with E-state index in [9.17, 15) is 18.0 Å². The lowest BCUT2D eigenvalue weighted by Gasteiger charge is -2.15. The van der Waals surface area contributed by atoms with Crippen molar-refractivity contribution < 1.29 is 22.7 Å². The highest BCUT2D eigenvalue weighted by atomic mass is 32.1. The number of benzene rings is 1. The average Bonchev–Trinajstić information content (AvgIpc) is 3.28. The number of carbonyl (C=O) groups excluding carboxylic acids is 1. The third-order valence-electron chi connectivity index (χ3n) is 3.45. The second kappa shape index (κ2) is 6.43. The van der Waals surface area contributed by atoms with Gasteiger partial charge in [-0.2, -0.15) is 13.2 Å². The molecule has 2 aromatic rings. The van der Waals surface area contributed by atoms with E-state index in [2.05, 4.69) is 20.5 Å². The number of amides is 1. The molecule has 1 N–H and O–H groups in total. The molecule has 1 aromatic carbocycles. The van der Waals surface area contributed by atoms with Crippen LogP contribution in [0.3, 0.4) is 0 Å². The van der Waals surface area contributed by atoms with Gasteiger partial charge in [0.15, 0.2) is 0 Å². The number of ether oxygens (including phenoxy) is 1. The quantitative estimate of drug-likeness (QED) is 0.843. The third-order valence-corrected chi connectivity index (χ3v) is 4.36. The maximum Gasteiger partial charge on any atom is 0.442 e. The molecule has 1 aliphatic heterocycles. The predicted molar refractivity (Wildman–Crippen MR) is 83.5 cm³/mol. The lowest BCUT2D eigenvalue weighted by atomic mass is 10.0. The van der Waals surface area contributed by atoms with Gasteiger partial charge < -0.3 is 10.1 Å². The number of carbonyl (C=O) groups is 1. The van der Waals surface area contributed by atoms with Crippen LogP contribution in [0.1, 0.15) is 27.7 Å². The first-order chi connectivity index (χ1) is 11.9. The maximum absolute atomic E-state index is 13.0. The highest BCUT2D eigenvalue weighted by Crippen LogP contribution is 2.52. The normalized spacial score (nSPS) is 15.0. The second-order valence-corrected chi connectivity index (χ2v) is 6.17. The molecular formula is C15H13F3N4O2S. The number of thiazole rings is 1. The van der Waals surface area contributed by atoms with Crippen molar-refractivity contribution >= 4 is 17.2 Å². The Labute approximate surface area is 144 Å². The zero-order valence-electron chi connectivity index (χ0n) is 13.0. The summed E-state index contributed by atoms with van der Waals surface area (Å²) < 4.78 is 44.3. The van der Waals surface area contributed by atoms with Crippen LogP contribution in [0.15, 0.2) is 40.7 Å². The Hall–Kier alpha value is -2.49. The molecule has 0 unspecified atom stereocenters. The van der Waals surface area contributed by atoms with Gasteiger partial charge in [-0.05, 0) is 18.6 Å². The van der Waals surface area contributed by atoms with Gasteiger partial charge in [0.1, 0.15) is 4.88 Å². The van der Waals surface area contributed by atoms with Gasteiger partial charge in [-0.3, -0.25) is 4.79 Å². The highest BCUT2D eigenvalue weighted by Gasteiger charge is 2.65. The molecule has 0 fully saturated rings. The fourth-order valence-corrected chi connectivity index (χ4v) is 2.90. The molecule has 6 nitrogen and oxygen atoms in total. The molecule has 0 saturated heterocycles. The van der Waals surface area contributed by atoms with Crippen molar-refractivity contribution in [1.82, 2.24) is 10.3 Å². The number of alkyl halides is 3. The Kier molecular flexibility index (Phi) is 4.46. The van der Waals surface area contributed by atoms with Crippen molar-refractivity contribution in [2.45, 2.75) is 25.3 Å². The maximum atomic E-state index is 13.0. The molecule has 0 aliphatic carbocycles. The van der Waals surface area contributed by atoms with E-state index in [4.69, 9.17) is 4.74 Å². The Balaban J connectivity index is 1.66. The number of nitrogens with zero attached hydrogens (tertiary/aromatic N) is 3. The molecule has 0 bridgehead atoms. The highest BCUT2D eigenvalue weighted by molar-refractivity contribution is 7.15. The Bertz CT molecular complexity index is 813. The minimum absolute atomic E-state index is 0.0665. The molecule has 3 rings (SSSR count). The first kappa shape index (κ1) is 17.3. The lowest BCUT2D eigenvalue weighted by molar-refractivity contribution is -0.166. The molecule has 132 valence electrons. The average molecular weight is 370 g/mol. The summed E-state index contributed by atoms with van der Waals surface area (Å²) in [6.45, 7) is 2.32. The van der Waals surface area contributed by atoms with E-state index in [1.807, 2.05) is 0 Å². The molecule has 0 radical (unpaired) electrons. The predicted octanol–water partition coefficient (Wildman–Crippen LogP) is 3.65. The Morgan fingerprint density at radius 3 is 2.76 bits per heavy atom. The van der Waals surface area contributed by atoms with Crippen LogP contribution in [0.25, 0.3) is 0 Å². The number of aromatic nitrogens is 1. The van der Waals surface area contributed by atoms with Crippen LogP contribution in [0.5, 0.6) is 5.19 Å². The zero-order valence-corrected chi connectivity index (χ0v) is 13.8. The third kappa shape index (κ3) is 3.48. The van der Waals surface area contributed by atoms with Crippen LogP contribution < -0.4 is 10.1 Å². The van der Waals surface area contributed by atoms with E-state index < -0.39 is 11.8 Å². The van der Waals surface area contributed by atoms with Gasteiger partial charge in [-0.15, -0.1) is 10.2 Å². The number of hydrogen-bond acceptors (Lipinski definition) is 6. The molecule has 10 heteroatoms. The SMILES string of the molecule is CCOc1ncc(C(=O)NCc2cccc(C3(C(F)(F)F)N=N3)c2)s1. The summed E-state index contributed by atoms with van der Waals surface area (Å²) in [5, 5.41) is 9.37. The van der Waals surface area contributed by atoms with Gasteiger partial charge >= 0.3 is 11.8 Å². The summed E-state index contributed by atoms with van der Waals surface area (Å²) in [5.41, 5.74) is -2.01. The largest absolute Gasteiger partial charge is 0.470 e. The van der Waals surface area contributed by atoms with E-state index in [1.165, 1.54) is 24.4 Å². The monoisotopic (exact) mass is 370 g/mol. The van der Waals surface area contributed by atoms with Gasteiger partial charge in [0.25, 0.3) is 11.1 Å². The molecule has 25 heavy (non-hydrogen) atoms. The smallest absolute Gasteiger partial charge is 0.442 e. The van der Waals surface area contributed by atoms with E-state index in [0.29, 0.717) is 22.2 Å². The molecule has 0 spiro atoms. The van der Waals surface area contributed by atoms with Crippen molar-refractivity contribution in [3.63, 3.8) is 0 Å². The molecule has 1 aromatic heterocycles. The van der Waals surface area contributed by atoms with Crippen LogP contribution in [0.4, 0.5) is 13.2 Å². The van der Waals surface area contributed by atoms with E-state index in [-0.39, 0.29) is 18.0 Å². The minimum atomic E-state index is -4.58. The summed E-state index contributed by atoms with van der Waals surface area (Å²) in [6, 6.07) is 5.75. The zero-order chi connectivity index (χ0) is 18.1. The van der Waals surface area contributed by atoms with Crippen molar-refractivity contribution in [2.75, 3.05) is 6.61 Å². The summed E-state index contributed by atoms with van der Waals surface area (Å²) >= 11 is 1.10. The Morgan fingerprint density at radius 2 is 2.12 bits per heavy atom. The molecule has 1 amide bonds. The van der Waals surface area contributed by atoms with Crippen molar-refractivity contribution in [1.29, 1.82) is 0 Å². The molecule has 0 atom stereocenters. The van der Waals surface area contributed by atoms with Crippen LogP contribution in [0, 0.1) is 0 Å². The fraction of sp³-hybridized carbons (Fsp3) is 0.333. The van der Waals surface area contributed by atoms with E-state index in [1.54, 1.807) is 13.0 Å². The van der Waals surface area contributed by atoms with Crippen molar-refractivity contribution in [2.24, 2.45) is 10.2 Å². The first-order valence-electron chi connectivity index (χ1n) is 7.33. The second-order valence-electron chi connectivity index (χ2n) is 5.18.